The third-order valence-corrected chi connectivity index (χ3v) is 6.23. The summed E-state index contributed by atoms with van der Waals surface area (Å²) in [5.41, 5.74) is -0.0503. The topological polar surface area (TPSA) is 18.5 Å². The number of rotatable bonds is 3. The highest BCUT2D eigenvalue weighted by molar-refractivity contribution is 6.75. The first-order valence-corrected chi connectivity index (χ1v) is 9.96. The molecule has 0 aliphatic heterocycles. The van der Waals surface area contributed by atoms with Crippen molar-refractivity contribution in [3.05, 3.63) is 0 Å². The van der Waals surface area contributed by atoms with E-state index in [1.54, 1.807) is 0 Å². The Labute approximate surface area is 79.2 Å². The fourth-order valence-electron chi connectivity index (χ4n) is 1.02. The van der Waals surface area contributed by atoms with Crippen molar-refractivity contribution in [3.63, 3.8) is 0 Å². The minimum atomic E-state index is -1.39. The van der Waals surface area contributed by atoms with Gasteiger partial charge in [-0.25, -0.2) is 0 Å². The lowest BCUT2D eigenvalue weighted by Gasteiger charge is -2.29. The first-order valence-electron chi connectivity index (χ1n) is 4.46. The Hall–Kier alpha value is 0.354. The summed E-state index contributed by atoms with van der Waals surface area (Å²) < 4.78 is 11.6. The molecular weight excluding hydrogens is 184 g/mol. The van der Waals surface area contributed by atoms with E-state index < -0.39 is 17.6 Å². The standard InChI is InChI=1S/C8H22O2Si2/c1-8(2,3)9-11(4)10-12(5,6)7/h11H,1-7H3. The summed E-state index contributed by atoms with van der Waals surface area (Å²) in [7, 11) is -2.77. The molecule has 0 saturated heterocycles. The lowest BCUT2D eigenvalue weighted by Crippen LogP contribution is -2.39. The Morgan fingerprint density at radius 3 is 1.75 bits per heavy atom. The SMILES string of the molecule is C[SiH](OC(C)(C)C)O[Si](C)(C)C. The molecule has 1 unspecified atom stereocenters. The Balaban J connectivity index is 3.83. The Morgan fingerprint density at radius 2 is 1.50 bits per heavy atom. The van der Waals surface area contributed by atoms with E-state index in [0.717, 1.165) is 0 Å². The van der Waals surface area contributed by atoms with Gasteiger partial charge in [-0.3, -0.25) is 0 Å². The lowest BCUT2D eigenvalue weighted by molar-refractivity contribution is 0.106. The predicted octanol–water partition coefficient (Wildman–Crippen LogP) is 2.50. The van der Waals surface area contributed by atoms with Crippen LogP contribution in [0.1, 0.15) is 20.8 Å². The van der Waals surface area contributed by atoms with Gasteiger partial charge in [0.1, 0.15) is 0 Å². The van der Waals surface area contributed by atoms with Gasteiger partial charge in [0.2, 0.25) is 0 Å². The molecule has 0 rings (SSSR count). The lowest BCUT2D eigenvalue weighted by atomic mass is 10.2. The van der Waals surface area contributed by atoms with Crippen LogP contribution in [-0.2, 0) is 8.54 Å². The molecule has 0 aliphatic rings. The second-order valence-electron chi connectivity index (χ2n) is 5.03. The van der Waals surface area contributed by atoms with E-state index >= 15 is 0 Å². The quantitative estimate of drug-likeness (QED) is 0.661. The highest BCUT2D eigenvalue weighted by atomic mass is 28.4. The van der Waals surface area contributed by atoms with Crippen LogP contribution in [0.4, 0.5) is 0 Å². The van der Waals surface area contributed by atoms with Gasteiger partial charge in [0.25, 0.3) is 0 Å². The molecule has 0 N–H and O–H groups in total. The van der Waals surface area contributed by atoms with Gasteiger partial charge in [-0.15, -0.1) is 0 Å². The molecule has 0 aromatic carbocycles. The van der Waals surface area contributed by atoms with Gasteiger partial charge in [-0.1, -0.05) is 0 Å². The molecule has 4 heteroatoms. The second kappa shape index (κ2) is 4.04. The van der Waals surface area contributed by atoms with Gasteiger partial charge < -0.3 is 8.54 Å². The highest BCUT2D eigenvalue weighted by Crippen LogP contribution is 2.13. The minimum Gasteiger partial charge on any atom is -0.438 e. The van der Waals surface area contributed by atoms with Crippen LogP contribution in [-0.4, -0.2) is 23.2 Å². The molecular formula is C8H22O2Si2. The molecule has 0 radical (unpaired) electrons. The maximum absolute atomic E-state index is 5.87. The van der Waals surface area contributed by atoms with Crippen LogP contribution < -0.4 is 0 Å². The van der Waals surface area contributed by atoms with Gasteiger partial charge in [0.05, 0.1) is 0 Å². The zero-order chi connectivity index (χ0) is 9.99. The molecule has 0 heterocycles. The van der Waals surface area contributed by atoms with E-state index in [1.165, 1.54) is 0 Å². The van der Waals surface area contributed by atoms with Crippen LogP contribution in [0, 0.1) is 0 Å². The monoisotopic (exact) mass is 206 g/mol. The van der Waals surface area contributed by atoms with Crippen molar-refractivity contribution < 1.29 is 8.54 Å². The minimum absolute atomic E-state index is 0.0503. The predicted molar refractivity (Wildman–Crippen MR) is 58.3 cm³/mol. The van der Waals surface area contributed by atoms with Gasteiger partial charge in [-0.05, 0) is 47.0 Å². The first kappa shape index (κ1) is 12.4. The third kappa shape index (κ3) is 8.45. The molecule has 0 aromatic rings. The summed E-state index contributed by atoms with van der Waals surface area (Å²) in [6.45, 7) is 14.9. The van der Waals surface area contributed by atoms with E-state index in [4.69, 9.17) is 8.54 Å². The number of hydrogen-bond acceptors (Lipinski definition) is 2. The van der Waals surface area contributed by atoms with Crippen LogP contribution in [0.3, 0.4) is 0 Å². The molecule has 0 spiro atoms. The summed E-state index contributed by atoms with van der Waals surface area (Å²) in [5, 5.41) is 0. The Kier molecular flexibility index (Phi) is 4.16. The van der Waals surface area contributed by atoms with Crippen molar-refractivity contribution in [3.8, 4) is 0 Å². The molecule has 0 bridgehead atoms. The van der Waals surface area contributed by atoms with Gasteiger partial charge >= 0.3 is 9.28 Å². The van der Waals surface area contributed by atoms with Crippen LogP contribution >= 0.6 is 0 Å². The zero-order valence-corrected chi connectivity index (χ0v) is 11.5. The van der Waals surface area contributed by atoms with Gasteiger partial charge in [0, 0.05) is 5.60 Å². The van der Waals surface area contributed by atoms with Crippen molar-refractivity contribution in [1.82, 2.24) is 0 Å². The summed E-state index contributed by atoms with van der Waals surface area (Å²) in [6.07, 6.45) is 0. The van der Waals surface area contributed by atoms with Crippen molar-refractivity contribution in [2.24, 2.45) is 0 Å². The summed E-state index contributed by atoms with van der Waals surface area (Å²) >= 11 is 0. The normalized spacial score (nSPS) is 16.2. The summed E-state index contributed by atoms with van der Waals surface area (Å²) in [6, 6.07) is 0. The molecule has 0 saturated carbocycles. The fourth-order valence-corrected chi connectivity index (χ4v) is 6.19. The first-order chi connectivity index (χ1) is 5.10. The van der Waals surface area contributed by atoms with Crippen LogP contribution in [0.5, 0.6) is 0 Å². The van der Waals surface area contributed by atoms with E-state index in [-0.39, 0.29) is 5.60 Å². The molecule has 74 valence electrons. The highest BCUT2D eigenvalue weighted by Gasteiger charge is 2.23. The van der Waals surface area contributed by atoms with Gasteiger partial charge in [-0.2, -0.15) is 0 Å². The van der Waals surface area contributed by atoms with Gasteiger partial charge in [0.15, 0.2) is 8.32 Å². The van der Waals surface area contributed by atoms with E-state index in [0.29, 0.717) is 0 Å². The van der Waals surface area contributed by atoms with Crippen LogP contribution in [0.2, 0.25) is 26.2 Å². The zero-order valence-electron chi connectivity index (χ0n) is 9.39. The fraction of sp³-hybridized carbons (Fsp3) is 1.00. The van der Waals surface area contributed by atoms with E-state index in [9.17, 15) is 0 Å². The van der Waals surface area contributed by atoms with Crippen molar-refractivity contribution >= 4 is 17.6 Å². The summed E-state index contributed by atoms with van der Waals surface area (Å²) in [4.78, 5) is 0. The molecule has 1 atom stereocenters. The molecule has 2 nitrogen and oxygen atoms in total. The average Bonchev–Trinajstić information content (AvgIpc) is 1.49. The van der Waals surface area contributed by atoms with Crippen molar-refractivity contribution in [1.29, 1.82) is 0 Å². The molecule has 0 amide bonds. The van der Waals surface area contributed by atoms with Crippen molar-refractivity contribution in [2.45, 2.75) is 52.6 Å². The number of hydrogen-bond donors (Lipinski definition) is 0. The van der Waals surface area contributed by atoms with Crippen LogP contribution in [0.15, 0.2) is 0 Å². The molecule has 0 aromatic heterocycles. The molecule has 0 aliphatic carbocycles. The van der Waals surface area contributed by atoms with Crippen LogP contribution in [0.25, 0.3) is 0 Å². The maximum Gasteiger partial charge on any atom is 0.308 e. The maximum atomic E-state index is 5.87. The second-order valence-corrected chi connectivity index (χ2v) is 11.6. The Bertz CT molecular complexity index is 119. The average molecular weight is 206 g/mol. The Morgan fingerprint density at radius 1 is 1.08 bits per heavy atom. The van der Waals surface area contributed by atoms with E-state index in [1.807, 2.05) is 0 Å². The third-order valence-electron chi connectivity index (χ3n) is 1.04. The molecule has 0 fully saturated rings. The largest absolute Gasteiger partial charge is 0.438 e. The van der Waals surface area contributed by atoms with E-state index in [2.05, 4.69) is 47.0 Å². The van der Waals surface area contributed by atoms with Crippen molar-refractivity contribution in [2.75, 3.05) is 0 Å². The smallest absolute Gasteiger partial charge is 0.308 e. The molecule has 12 heavy (non-hydrogen) atoms. The summed E-state index contributed by atoms with van der Waals surface area (Å²) in [5.74, 6) is 0.